The third kappa shape index (κ3) is 3.22. The van der Waals surface area contributed by atoms with Gasteiger partial charge in [-0.25, -0.2) is 14.4 Å². The van der Waals surface area contributed by atoms with E-state index >= 15 is 0 Å². The summed E-state index contributed by atoms with van der Waals surface area (Å²) in [5, 5.41) is 3.48. The molecule has 1 aromatic carbocycles. The van der Waals surface area contributed by atoms with Gasteiger partial charge in [0.25, 0.3) is 0 Å². The van der Waals surface area contributed by atoms with Crippen LogP contribution >= 0.6 is 0 Å². The molecule has 2 aromatic heterocycles. The predicted octanol–water partition coefficient (Wildman–Crippen LogP) is 4.34. The first-order valence-corrected chi connectivity index (χ1v) is 8.56. The highest BCUT2D eigenvalue weighted by Crippen LogP contribution is 2.34. The molecule has 0 aliphatic heterocycles. The van der Waals surface area contributed by atoms with E-state index < -0.39 is 0 Å². The summed E-state index contributed by atoms with van der Waals surface area (Å²) in [6, 6.07) is 10.9. The maximum Gasteiger partial charge on any atom is 0.161 e. The van der Waals surface area contributed by atoms with Crippen LogP contribution in [0.3, 0.4) is 0 Å². The SMILES string of the molecule is CCc1cc(NC2CCc3ccc(F)cc32)nc(-c2ccncc2)n1. The van der Waals surface area contributed by atoms with Gasteiger partial charge >= 0.3 is 0 Å². The normalized spacial score (nSPS) is 15.8. The molecule has 0 amide bonds. The van der Waals surface area contributed by atoms with Gasteiger partial charge in [0.15, 0.2) is 5.82 Å². The van der Waals surface area contributed by atoms with Crippen molar-refractivity contribution in [2.24, 2.45) is 0 Å². The molecule has 1 atom stereocenters. The third-order valence-electron chi connectivity index (χ3n) is 4.59. The molecular weight excluding hydrogens is 315 g/mol. The number of aromatic nitrogens is 3. The predicted molar refractivity (Wildman–Crippen MR) is 95.7 cm³/mol. The average molecular weight is 334 g/mol. The molecule has 4 nitrogen and oxygen atoms in total. The van der Waals surface area contributed by atoms with Gasteiger partial charge < -0.3 is 5.32 Å². The molecular formula is C20H19FN4. The molecule has 1 unspecified atom stereocenters. The molecule has 4 rings (SSSR count). The van der Waals surface area contributed by atoms with Crippen LogP contribution in [-0.2, 0) is 12.8 Å². The first kappa shape index (κ1) is 15.7. The van der Waals surface area contributed by atoms with E-state index in [4.69, 9.17) is 0 Å². The molecule has 1 N–H and O–H groups in total. The van der Waals surface area contributed by atoms with Gasteiger partial charge in [0.1, 0.15) is 11.6 Å². The van der Waals surface area contributed by atoms with Gasteiger partial charge in [0, 0.05) is 29.7 Å². The number of nitrogens with one attached hydrogen (secondary N) is 1. The lowest BCUT2D eigenvalue weighted by Gasteiger charge is -2.16. The molecule has 0 bridgehead atoms. The number of nitrogens with zero attached hydrogens (tertiary/aromatic N) is 3. The Kier molecular flexibility index (Phi) is 4.14. The van der Waals surface area contributed by atoms with Crippen LogP contribution in [-0.4, -0.2) is 15.0 Å². The Morgan fingerprint density at radius 1 is 1.12 bits per heavy atom. The van der Waals surface area contributed by atoms with E-state index in [0.29, 0.717) is 5.82 Å². The van der Waals surface area contributed by atoms with E-state index in [1.807, 2.05) is 24.3 Å². The zero-order valence-corrected chi connectivity index (χ0v) is 14.0. The number of hydrogen-bond acceptors (Lipinski definition) is 4. The van der Waals surface area contributed by atoms with E-state index in [1.165, 1.54) is 11.6 Å². The van der Waals surface area contributed by atoms with E-state index in [1.54, 1.807) is 18.5 Å². The maximum atomic E-state index is 13.6. The van der Waals surface area contributed by atoms with E-state index in [9.17, 15) is 4.39 Å². The molecule has 2 heterocycles. The molecule has 5 heteroatoms. The molecule has 0 spiro atoms. The standard InChI is InChI=1S/C20H19FN4/c1-2-16-12-19(25-20(23-16)14-7-9-22-10-8-14)24-18-6-4-13-3-5-15(21)11-17(13)18/h3,5,7-12,18H,2,4,6H2,1H3,(H,23,24,25). The van der Waals surface area contributed by atoms with Gasteiger partial charge in [-0.05, 0) is 54.7 Å². The number of halogens is 1. The lowest BCUT2D eigenvalue weighted by Crippen LogP contribution is -2.10. The number of benzene rings is 1. The molecule has 0 saturated heterocycles. The van der Waals surface area contributed by atoms with Crippen molar-refractivity contribution in [3.8, 4) is 11.4 Å². The smallest absolute Gasteiger partial charge is 0.161 e. The topological polar surface area (TPSA) is 50.7 Å². The summed E-state index contributed by atoms with van der Waals surface area (Å²) in [6.45, 7) is 2.07. The van der Waals surface area contributed by atoms with Crippen LogP contribution in [0.5, 0.6) is 0 Å². The molecule has 1 aliphatic carbocycles. The van der Waals surface area contributed by atoms with Crippen molar-refractivity contribution in [3.05, 3.63) is 71.4 Å². The quantitative estimate of drug-likeness (QED) is 0.771. The summed E-state index contributed by atoms with van der Waals surface area (Å²) < 4.78 is 13.6. The van der Waals surface area contributed by atoms with Crippen molar-refractivity contribution in [1.82, 2.24) is 15.0 Å². The Hall–Kier alpha value is -2.82. The Bertz CT molecular complexity index is 895. The van der Waals surface area contributed by atoms with E-state index in [-0.39, 0.29) is 11.9 Å². The van der Waals surface area contributed by atoms with Crippen molar-refractivity contribution in [3.63, 3.8) is 0 Å². The van der Waals surface area contributed by atoms with Crippen LogP contribution < -0.4 is 5.32 Å². The zero-order chi connectivity index (χ0) is 17.2. The van der Waals surface area contributed by atoms with Crippen LogP contribution in [0.1, 0.15) is 36.2 Å². The average Bonchev–Trinajstić information content (AvgIpc) is 3.04. The van der Waals surface area contributed by atoms with Crippen LogP contribution in [0, 0.1) is 5.82 Å². The molecule has 0 radical (unpaired) electrons. The van der Waals surface area contributed by atoms with Crippen LogP contribution in [0.2, 0.25) is 0 Å². The monoisotopic (exact) mass is 334 g/mol. The minimum Gasteiger partial charge on any atom is -0.363 e. The third-order valence-corrected chi connectivity index (χ3v) is 4.59. The maximum absolute atomic E-state index is 13.6. The van der Waals surface area contributed by atoms with Gasteiger partial charge in [-0.1, -0.05) is 13.0 Å². The fraction of sp³-hybridized carbons (Fsp3) is 0.250. The van der Waals surface area contributed by atoms with E-state index in [0.717, 1.165) is 41.9 Å². The molecule has 0 fully saturated rings. The van der Waals surface area contributed by atoms with Gasteiger partial charge in [-0.3, -0.25) is 4.98 Å². The highest BCUT2D eigenvalue weighted by molar-refractivity contribution is 5.57. The van der Waals surface area contributed by atoms with Gasteiger partial charge in [0.2, 0.25) is 0 Å². The van der Waals surface area contributed by atoms with Crippen molar-refractivity contribution < 1.29 is 4.39 Å². The number of pyridine rings is 1. The number of fused-ring (bicyclic) bond motifs is 1. The number of hydrogen-bond donors (Lipinski definition) is 1. The summed E-state index contributed by atoms with van der Waals surface area (Å²) >= 11 is 0. The van der Waals surface area contributed by atoms with Gasteiger partial charge in [0.05, 0.1) is 6.04 Å². The number of anilines is 1. The summed E-state index contributed by atoms with van der Waals surface area (Å²) in [6.07, 6.45) is 6.19. The lowest BCUT2D eigenvalue weighted by atomic mass is 10.1. The van der Waals surface area contributed by atoms with Crippen molar-refractivity contribution in [2.75, 3.05) is 5.32 Å². The van der Waals surface area contributed by atoms with Crippen molar-refractivity contribution in [2.45, 2.75) is 32.2 Å². The summed E-state index contributed by atoms with van der Waals surface area (Å²) in [5.41, 5.74) is 4.15. The molecule has 126 valence electrons. The fourth-order valence-electron chi connectivity index (χ4n) is 3.28. The van der Waals surface area contributed by atoms with Crippen molar-refractivity contribution in [1.29, 1.82) is 0 Å². The second-order valence-electron chi connectivity index (χ2n) is 6.24. The Morgan fingerprint density at radius 2 is 1.96 bits per heavy atom. The van der Waals surface area contributed by atoms with Crippen LogP contribution in [0.4, 0.5) is 10.2 Å². The minimum atomic E-state index is -0.193. The molecule has 0 saturated carbocycles. The Balaban J connectivity index is 1.67. The van der Waals surface area contributed by atoms with Crippen LogP contribution in [0.25, 0.3) is 11.4 Å². The minimum absolute atomic E-state index is 0.0793. The molecule has 1 aliphatic rings. The molecule has 25 heavy (non-hydrogen) atoms. The number of aryl methyl sites for hydroxylation is 2. The lowest BCUT2D eigenvalue weighted by molar-refractivity contribution is 0.623. The van der Waals surface area contributed by atoms with Crippen LogP contribution in [0.15, 0.2) is 48.8 Å². The summed E-state index contributed by atoms with van der Waals surface area (Å²) in [5.74, 6) is 1.27. The first-order chi connectivity index (χ1) is 12.2. The zero-order valence-electron chi connectivity index (χ0n) is 14.0. The largest absolute Gasteiger partial charge is 0.363 e. The Labute approximate surface area is 146 Å². The van der Waals surface area contributed by atoms with Gasteiger partial charge in [-0.15, -0.1) is 0 Å². The van der Waals surface area contributed by atoms with E-state index in [2.05, 4.69) is 27.2 Å². The highest BCUT2D eigenvalue weighted by atomic mass is 19.1. The molecule has 3 aromatic rings. The first-order valence-electron chi connectivity index (χ1n) is 8.56. The summed E-state index contributed by atoms with van der Waals surface area (Å²) in [4.78, 5) is 13.3. The second kappa shape index (κ2) is 6.59. The van der Waals surface area contributed by atoms with Crippen molar-refractivity contribution >= 4 is 5.82 Å². The Morgan fingerprint density at radius 3 is 2.76 bits per heavy atom. The summed E-state index contributed by atoms with van der Waals surface area (Å²) in [7, 11) is 0. The number of rotatable bonds is 4. The fourth-order valence-corrected chi connectivity index (χ4v) is 3.28. The second-order valence-corrected chi connectivity index (χ2v) is 6.24. The van der Waals surface area contributed by atoms with Gasteiger partial charge in [-0.2, -0.15) is 0 Å². The highest BCUT2D eigenvalue weighted by Gasteiger charge is 2.23.